The Kier molecular flexibility index (Phi) is 4.86. The zero-order valence-corrected chi connectivity index (χ0v) is 13.6. The molecule has 1 aliphatic heterocycles. The molecule has 1 aliphatic rings. The second kappa shape index (κ2) is 6.48. The highest BCUT2D eigenvalue weighted by molar-refractivity contribution is 6.07. The quantitative estimate of drug-likeness (QED) is 0.791. The van der Waals surface area contributed by atoms with E-state index >= 15 is 0 Å². The Balaban J connectivity index is 2.33. The SMILES string of the molecule is CCc1ccc(C2(CC)NC(=O)N(CC(N)CC)C2=O)cc1. The fourth-order valence-electron chi connectivity index (χ4n) is 2.82. The first kappa shape index (κ1) is 16.5. The lowest BCUT2D eigenvalue weighted by atomic mass is 9.86. The molecule has 5 nitrogen and oxygen atoms in total. The third kappa shape index (κ3) is 2.73. The number of hydrogen-bond donors (Lipinski definition) is 2. The van der Waals surface area contributed by atoms with Gasteiger partial charge in [-0.1, -0.05) is 45.0 Å². The van der Waals surface area contributed by atoms with Crippen LogP contribution in [0.3, 0.4) is 0 Å². The molecule has 3 N–H and O–H groups in total. The molecule has 0 spiro atoms. The maximum atomic E-state index is 12.9. The number of imide groups is 1. The average Bonchev–Trinajstić information content (AvgIpc) is 2.79. The van der Waals surface area contributed by atoms with E-state index in [-0.39, 0.29) is 24.5 Å². The van der Waals surface area contributed by atoms with Gasteiger partial charge in [-0.3, -0.25) is 9.69 Å². The summed E-state index contributed by atoms with van der Waals surface area (Å²) in [5, 5.41) is 2.88. The van der Waals surface area contributed by atoms with E-state index in [1.807, 2.05) is 38.1 Å². The first-order chi connectivity index (χ1) is 10.5. The Hall–Kier alpha value is -1.88. The number of carbonyl (C=O) groups excluding carboxylic acids is 2. The summed E-state index contributed by atoms with van der Waals surface area (Å²) in [6.45, 7) is 6.20. The molecule has 2 unspecified atom stereocenters. The van der Waals surface area contributed by atoms with E-state index in [2.05, 4.69) is 12.2 Å². The first-order valence-corrected chi connectivity index (χ1v) is 7.97. The van der Waals surface area contributed by atoms with Gasteiger partial charge in [-0.2, -0.15) is 0 Å². The smallest absolute Gasteiger partial charge is 0.325 e. The molecule has 0 saturated carbocycles. The van der Waals surface area contributed by atoms with Crippen molar-refractivity contribution in [1.82, 2.24) is 10.2 Å². The molecule has 1 aromatic carbocycles. The normalized spacial score (nSPS) is 22.8. The largest absolute Gasteiger partial charge is 0.326 e. The molecule has 0 radical (unpaired) electrons. The number of hydrogen-bond acceptors (Lipinski definition) is 3. The fourth-order valence-corrected chi connectivity index (χ4v) is 2.82. The van der Waals surface area contributed by atoms with Gasteiger partial charge in [-0.05, 0) is 30.4 Å². The molecular formula is C17H25N3O2. The van der Waals surface area contributed by atoms with Crippen molar-refractivity contribution < 1.29 is 9.59 Å². The summed E-state index contributed by atoms with van der Waals surface area (Å²) in [5.74, 6) is -0.201. The van der Waals surface area contributed by atoms with Gasteiger partial charge < -0.3 is 11.1 Å². The van der Waals surface area contributed by atoms with Crippen LogP contribution in [0.4, 0.5) is 4.79 Å². The molecule has 1 aromatic rings. The number of aryl methyl sites for hydroxylation is 1. The summed E-state index contributed by atoms with van der Waals surface area (Å²) in [7, 11) is 0. The van der Waals surface area contributed by atoms with E-state index < -0.39 is 5.54 Å². The topological polar surface area (TPSA) is 75.4 Å². The van der Waals surface area contributed by atoms with Crippen LogP contribution in [0.2, 0.25) is 0 Å². The monoisotopic (exact) mass is 303 g/mol. The van der Waals surface area contributed by atoms with Gasteiger partial charge in [-0.15, -0.1) is 0 Å². The lowest BCUT2D eigenvalue weighted by Gasteiger charge is -2.26. The van der Waals surface area contributed by atoms with Gasteiger partial charge in [0.05, 0.1) is 0 Å². The Morgan fingerprint density at radius 1 is 1.18 bits per heavy atom. The van der Waals surface area contributed by atoms with E-state index in [0.29, 0.717) is 6.42 Å². The van der Waals surface area contributed by atoms with E-state index in [1.54, 1.807) is 0 Å². The predicted octanol–water partition coefficient (Wildman–Crippen LogP) is 2.14. The maximum Gasteiger partial charge on any atom is 0.325 e. The predicted molar refractivity (Wildman–Crippen MR) is 86.3 cm³/mol. The van der Waals surface area contributed by atoms with E-state index in [4.69, 9.17) is 5.73 Å². The molecule has 22 heavy (non-hydrogen) atoms. The number of urea groups is 1. The number of amides is 3. The lowest BCUT2D eigenvalue weighted by Crippen LogP contribution is -2.45. The number of rotatable bonds is 6. The second-order valence-corrected chi connectivity index (χ2v) is 5.82. The van der Waals surface area contributed by atoms with Crippen molar-refractivity contribution >= 4 is 11.9 Å². The van der Waals surface area contributed by atoms with Gasteiger partial charge in [0.1, 0.15) is 5.54 Å². The number of nitrogens with one attached hydrogen (secondary N) is 1. The second-order valence-electron chi connectivity index (χ2n) is 5.82. The molecule has 1 fully saturated rings. The van der Waals surface area contributed by atoms with Gasteiger partial charge in [-0.25, -0.2) is 4.79 Å². The standard InChI is InChI=1S/C17H25N3O2/c1-4-12-7-9-13(10-8-12)17(6-3)15(21)20(16(22)19-17)11-14(18)5-2/h7-10,14H,4-6,11,18H2,1-3H3,(H,19,22). The number of nitrogens with zero attached hydrogens (tertiary/aromatic N) is 1. The van der Waals surface area contributed by atoms with Crippen LogP contribution in [0.1, 0.15) is 44.7 Å². The Morgan fingerprint density at radius 3 is 2.32 bits per heavy atom. The van der Waals surface area contributed by atoms with E-state index in [9.17, 15) is 9.59 Å². The number of benzene rings is 1. The third-order valence-corrected chi connectivity index (χ3v) is 4.50. The molecule has 3 amide bonds. The summed E-state index contributed by atoms with van der Waals surface area (Å²) in [6, 6.07) is 7.34. The van der Waals surface area contributed by atoms with Crippen molar-refractivity contribution in [2.24, 2.45) is 5.73 Å². The number of nitrogens with two attached hydrogens (primary N) is 1. The van der Waals surface area contributed by atoms with Crippen molar-refractivity contribution in [3.8, 4) is 0 Å². The van der Waals surface area contributed by atoms with Crippen LogP contribution >= 0.6 is 0 Å². The minimum Gasteiger partial charge on any atom is -0.326 e. The van der Waals surface area contributed by atoms with Crippen molar-refractivity contribution in [2.75, 3.05) is 6.54 Å². The highest BCUT2D eigenvalue weighted by Crippen LogP contribution is 2.32. The van der Waals surface area contributed by atoms with Crippen LogP contribution in [0.15, 0.2) is 24.3 Å². The average molecular weight is 303 g/mol. The summed E-state index contributed by atoms with van der Waals surface area (Å²) >= 11 is 0. The van der Waals surface area contributed by atoms with Gasteiger partial charge in [0.2, 0.25) is 0 Å². The van der Waals surface area contributed by atoms with Gasteiger partial charge >= 0.3 is 6.03 Å². The van der Waals surface area contributed by atoms with Crippen molar-refractivity contribution in [3.05, 3.63) is 35.4 Å². The zero-order valence-electron chi connectivity index (χ0n) is 13.6. The van der Waals surface area contributed by atoms with E-state index in [0.717, 1.165) is 18.4 Å². The first-order valence-electron chi connectivity index (χ1n) is 7.97. The summed E-state index contributed by atoms with van der Waals surface area (Å²) in [5.41, 5.74) is 6.99. The van der Waals surface area contributed by atoms with Gasteiger partial charge in [0, 0.05) is 12.6 Å². The molecule has 0 aromatic heterocycles. The molecule has 1 saturated heterocycles. The molecule has 5 heteroatoms. The third-order valence-electron chi connectivity index (χ3n) is 4.50. The minimum absolute atomic E-state index is 0.190. The molecule has 0 bridgehead atoms. The summed E-state index contributed by atoms with van der Waals surface area (Å²) in [4.78, 5) is 26.4. The van der Waals surface area contributed by atoms with Crippen LogP contribution in [0.25, 0.3) is 0 Å². The van der Waals surface area contributed by atoms with Crippen LogP contribution in [0, 0.1) is 0 Å². The van der Waals surface area contributed by atoms with Crippen LogP contribution in [-0.2, 0) is 16.8 Å². The Bertz CT molecular complexity index is 556. The Labute approximate surface area is 131 Å². The van der Waals surface area contributed by atoms with E-state index in [1.165, 1.54) is 10.5 Å². The molecule has 2 rings (SSSR count). The molecule has 120 valence electrons. The summed E-state index contributed by atoms with van der Waals surface area (Å²) in [6.07, 6.45) is 2.18. The fraction of sp³-hybridized carbons (Fsp3) is 0.529. The van der Waals surface area contributed by atoms with Gasteiger partial charge in [0.25, 0.3) is 5.91 Å². The van der Waals surface area contributed by atoms with Crippen LogP contribution in [0.5, 0.6) is 0 Å². The number of carbonyl (C=O) groups is 2. The highest BCUT2D eigenvalue weighted by Gasteiger charge is 2.51. The van der Waals surface area contributed by atoms with Crippen molar-refractivity contribution in [3.63, 3.8) is 0 Å². The summed E-state index contributed by atoms with van der Waals surface area (Å²) < 4.78 is 0. The Morgan fingerprint density at radius 2 is 1.82 bits per heavy atom. The molecule has 0 aliphatic carbocycles. The van der Waals surface area contributed by atoms with Crippen LogP contribution < -0.4 is 11.1 Å². The van der Waals surface area contributed by atoms with Crippen LogP contribution in [-0.4, -0.2) is 29.4 Å². The van der Waals surface area contributed by atoms with Gasteiger partial charge in [0.15, 0.2) is 0 Å². The van der Waals surface area contributed by atoms with Crippen molar-refractivity contribution in [1.29, 1.82) is 0 Å². The highest BCUT2D eigenvalue weighted by atomic mass is 16.2. The molecule has 2 atom stereocenters. The molecular weight excluding hydrogens is 278 g/mol. The van der Waals surface area contributed by atoms with Crippen molar-refractivity contribution in [2.45, 2.75) is 51.6 Å². The molecule has 1 heterocycles. The minimum atomic E-state index is -0.961. The lowest BCUT2D eigenvalue weighted by molar-refractivity contribution is -0.132. The maximum absolute atomic E-state index is 12.9. The zero-order chi connectivity index (χ0) is 16.3.